The second-order valence-electron chi connectivity index (χ2n) is 2.02. The third kappa shape index (κ3) is 4.78. The topological polar surface area (TPSA) is 49.3 Å². The zero-order valence-electron chi connectivity index (χ0n) is 6.46. The van der Waals surface area contributed by atoms with Crippen LogP contribution in [0.3, 0.4) is 0 Å². The van der Waals surface area contributed by atoms with E-state index in [1.807, 2.05) is 6.92 Å². The molecule has 0 rings (SSSR count). The summed E-state index contributed by atoms with van der Waals surface area (Å²) in [6.45, 7) is 4.29. The molecule has 10 heavy (non-hydrogen) atoms. The molecule has 0 aromatic rings. The van der Waals surface area contributed by atoms with E-state index in [0.29, 0.717) is 13.0 Å². The number of unbranched alkanes of at least 4 members (excludes halogenated alkanes) is 1. The van der Waals surface area contributed by atoms with Gasteiger partial charge in [-0.05, 0) is 6.42 Å². The van der Waals surface area contributed by atoms with E-state index in [4.69, 9.17) is 4.55 Å². The van der Waals surface area contributed by atoms with Gasteiger partial charge in [0.15, 0.2) is 0 Å². The Morgan fingerprint density at radius 2 is 2.20 bits per heavy atom. The maximum absolute atomic E-state index is 10.9. The Morgan fingerprint density at radius 3 is 2.60 bits per heavy atom. The molecule has 0 aliphatic rings. The molecule has 0 aliphatic carbocycles. The van der Waals surface area contributed by atoms with Gasteiger partial charge in [0, 0.05) is 11.9 Å². The number of hydrogen-bond acceptors (Lipinski definition) is 1. The minimum absolute atomic E-state index is 0.523. The third-order valence-corrected chi connectivity index (χ3v) is 2.37. The Balaban J connectivity index is 3.95. The summed E-state index contributed by atoms with van der Waals surface area (Å²) in [5.41, 5.74) is 0. The predicted molar refractivity (Wildman–Crippen MR) is 45.4 cm³/mol. The second kappa shape index (κ2) is 4.71. The molecule has 0 aliphatic heterocycles. The van der Waals surface area contributed by atoms with Crippen molar-refractivity contribution in [1.29, 1.82) is 0 Å². The molecule has 2 N–H and O–H groups in total. The van der Waals surface area contributed by atoms with Crippen molar-refractivity contribution >= 4 is 15.4 Å². The van der Waals surface area contributed by atoms with Crippen LogP contribution >= 0.6 is 0 Å². The molecule has 0 radical (unpaired) electrons. The molecular formula is C6H15NO2S. The summed E-state index contributed by atoms with van der Waals surface area (Å²) in [7, 11) is -2.82. The summed E-state index contributed by atoms with van der Waals surface area (Å²) in [5, 5.41) is 1.43. The Morgan fingerprint density at radius 1 is 1.60 bits per heavy atom. The molecule has 0 aromatic heterocycles. The standard InChI is InChI=1S/C6H15NO2S/c1-3-5-6-10(8,9)7-4-2/h6H,3-5H2,1-2H3,(H2,7,8,9). The van der Waals surface area contributed by atoms with Crippen LogP contribution in [0.1, 0.15) is 26.7 Å². The van der Waals surface area contributed by atoms with E-state index in [1.54, 1.807) is 6.92 Å². The Kier molecular flexibility index (Phi) is 4.68. The zero-order valence-corrected chi connectivity index (χ0v) is 7.28. The smallest absolute Gasteiger partial charge is 0.141 e. The SMILES string of the molecule is CCCC=S(=O)(O)NCC. The fourth-order valence-corrected chi connectivity index (χ4v) is 1.63. The van der Waals surface area contributed by atoms with Gasteiger partial charge in [-0.3, -0.25) is 0 Å². The highest BCUT2D eigenvalue weighted by molar-refractivity contribution is 7.94. The summed E-state index contributed by atoms with van der Waals surface area (Å²) in [5.74, 6) is 0. The maximum Gasteiger partial charge on any atom is 0.141 e. The summed E-state index contributed by atoms with van der Waals surface area (Å²) >= 11 is 0. The van der Waals surface area contributed by atoms with Crippen molar-refractivity contribution in [1.82, 2.24) is 4.72 Å². The zero-order chi connectivity index (χ0) is 8.04. The predicted octanol–water partition coefficient (Wildman–Crippen LogP) is 0.871. The largest absolute Gasteiger partial charge is 0.302 e. The lowest BCUT2D eigenvalue weighted by molar-refractivity contribution is 0.546. The van der Waals surface area contributed by atoms with Crippen molar-refractivity contribution < 1.29 is 8.76 Å². The summed E-state index contributed by atoms with van der Waals surface area (Å²) in [6.07, 6.45) is 1.59. The highest BCUT2D eigenvalue weighted by Crippen LogP contribution is 1.84. The van der Waals surface area contributed by atoms with Crippen molar-refractivity contribution in [3.63, 3.8) is 0 Å². The second-order valence-corrected chi connectivity index (χ2v) is 3.78. The van der Waals surface area contributed by atoms with Crippen molar-refractivity contribution in [2.75, 3.05) is 6.54 Å². The highest BCUT2D eigenvalue weighted by atomic mass is 32.2. The Bertz CT molecular complexity index is 182. The summed E-state index contributed by atoms with van der Waals surface area (Å²) in [4.78, 5) is 0. The van der Waals surface area contributed by atoms with Crippen molar-refractivity contribution in [3.8, 4) is 0 Å². The van der Waals surface area contributed by atoms with E-state index in [1.165, 1.54) is 5.37 Å². The maximum atomic E-state index is 10.9. The first-order chi connectivity index (χ1) is 4.62. The molecular weight excluding hydrogens is 150 g/mol. The molecule has 3 nitrogen and oxygen atoms in total. The summed E-state index contributed by atoms with van der Waals surface area (Å²) < 4.78 is 22.4. The molecule has 0 aromatic carbocycles. The van der Waals surface area contributed by atoms with E-state index in [-0.39, 0.29) is 0 Å². The van der Waals surface area contributed by atoms with Gasteiger partial charge in [-0.15, -0.1) is 0 Å². The van der Waals surface area contributed by atoms with Crippen LogP contribution < -0.4 is 4.72 Å². The molecule has 0 saturated carbocycles. The fraction of sp³-hybridized carbons (Fsp3) is 0.833. The van der Waals surface area contributed by atoms with Crippen LogP contribution in [0, 0.1) is 0 Å². The average molecular weight is 165 g/mol. The lowest BCUT2D eigenvalue weighted by atomic mass is 10.4. The minimum atomic E-state index is -2.82. The normalized spacial score (nSPS) is 16.3. The van der Waals surface area contributed by atoms with Gasteiger partial charge in [0.25, 0.3) is 0 Å². The van der Waals surface area contributed by atoms with Crippen LogP contribution in [0.15, 0.2) is 0 Å². The van der Waals surface area contributed by atoms with Crippen molar-refractivity contribution in [2.24, 2.45) is 0 Å². The Labute approximate surface area is 62.8 Å². The number of rotatable bonds is 4. The van der Waals surface area contributed by atoms with E-state index in [9.17, 15) is 4.21 Å². The van der Waals surface area contributed by atoms with Crippen molar-refractivity contribution in [2.45, 2.75) is 26.7 Å². The highest BCUT2D eigenvalue weighted by Gasteiger charge is 1.94. The Hall–Kier alpha value is -0.0600. The number of hydrogen-bond donors (Lipinski definition) is 2. The summed E-state index contributed by atoms with van der Waals surface area (Å²) in [6, 6.07) is 0. The molecule has 1 unspecified atom stereocenters. The van der Waals surface area contributed by atoms with Gasteiger partial charge in [-0.25, -0.2) is 8.93 Å². The van der Waals surface area contributed by atoms with Crippen molar-refractivity contribution in [3.05, 3.63) is 0 Å². The molecule has 4 heteroatoms. The van der Waals surface area contributed by atoms with E-state index >= 15 is 0 Å². The first-order valence-corrected chi connectivity index (χ1v) is 5.04. The van der Waals surface area contributed by atoms with Gasteiger partial charge in [0.2, 0.25) is 0 Å². The quantitative estimate of drug-likeness (QED) is 0.607. The molecule has 62 valence electrons. The van der Waals surface area contributed by atoms with Gasteiger partial charge in [0.1, 0.15) is 9.99 Å². The van der Waals surface area contributed by atoms with Crippen LogP contribution in [-0.2, 0) is 9.99 Å². The molecule has 0 amide bonds. The molecule has 0 spiro atoms. The van der Waals surface area contributed by atoms with Crippen LogP contribution in [0.2, 0.25) is 0 Å². The van der Waals surface area contributed by atoms with Gasteiger partial charge in [-0.2, -0.15) is 0 Å². The lowest BCUT2D eigenvalue weighted by Crippen LogP contribution is -2.23. The van der Waals surface area contributed by atoms with Gasteiger partial charge < -0.3 is 4.55 Å². The average Bonchev–Trinajstić information content (AvgIpc) is 1.84. The van der Waals surface area contributed by atoms with Crippen LogP contribution in [0.25, 0.3) is 0 Å². The van der Waals surface area contributed by atoms with Gasteiger partial charge in [-0.1, -0.05) is 20.3 Å². The van der Waals surface area contributed by atoms with E-state index < -0.39 is 9.99 Å². The van der Waals surface area contributed by atoms with Crippen LogP contribution in [0.5, 0.6) is 0 Å². The first kappa shape index (κ1) is 9.94. The van der Waals surface area contributed by atoms with Crippen LogP contribution in [-0.4, -0.2) is 20.7 Å². The van der Waals surface area contributed by atoms with Gasteiger partial charge in [0.05, 0.1) is 0 Å². The fourth-order valence-electron chi connectivity index (χ4n) is 0.543. The lowest BCUT2D eigenvalue weighted by Gasteiger charge is -2.01. The number of nitrogens with one attached hydrogen (secondary N) is 1. The van der Waals surface area contributed by atoms with E-state index in [0.717, 1.165) is 6.42 Å². The molecule has 0 bridgehead atoms. The molecule has 0 saturated heterocycles. The van der Waals surface area contributed by atoms with Gasteiger partial charge >= 0.3 is 0 Å². The van der Waals surface area contributed by atoms with E-state index in [2.05, 4.69) is 4.72 Å². The first-order valence-electron chi connectivity index (χ1n) is 3.47. The third-order valence-electron chi connectivity index (χ3n) is 0.984. The minimum Gasteiger partial charge on any atom is -0.302 e. The molecule has 1 atom stereocenters. The molecule has 0 fully saturated rings. The monoisotopic (exact) mass is 165 g/mol. The van der Waals surface area contributed by atoms with Crippen LogP contribution in [0.4, 0.5) is 0 Å². The molecule has 0 heterocycles.